The van der Waals surface area contributed by atoms with Crippen LogP contribution in [0.25, 0.3) is 0 Å². The van der Waals surface area contributed by atoms with Gasteiger partial charge in [-0.15, -0.1) is 0 Å². The largest absolute Gasteiger partial charge is 0.493 e. The third-order valence-electron chi connectivity index (χ3n) is 8.26. The molecule has 3 aliphatic carbocycles. The monoisotopic (exact) mass is 597 g/mol. The van der Waals surface area contributed by atoms with E-state index in [2.05, 4.69) is 0 Å². The lowest BCUT2D eigenvalue weighted by Gasteiger charge is -2.51. The molecule has 43 heavy (non-hydrogen) atoms. The van der Waals surface area contributed by atoms with Gasteiger partial charge in [0.25, 0.3) is 5.91 Å². The molecule has 0 aromatic heterocycles. The number of carbonyl (C=O) groups is 5. The van der Waals surface area contributed by atoms with Gasteiger partial charge in [0.1, 0.15) is 17.1 Å². The van der Waals surface area contributed by atoms with Gasteiger partial charge in [0.05, 0.1) is 18.2 Å². The normalized spacial score (nSPS) is 24.7. The topological polar surface area (TPSA) is 166 Å². The third kappa shape index (κ3) is 5.33. The SMILES string of the molecule is CCCCOc1ccc(N(C)C)c2c1C(=O)C1=C(OC(C)=O)[C@]3(O)C(=O)C(C(N)=O)=C(OC(C)=O)C(N(C)C)[C@@H]3C[C@@H]1C2. The number of esters is 2. The number of ether oxygens (including phenoxy) is 3. The predicted molar refractivity (Wildman–Crippen MR) is 155 cm³/mol. The minimum absolute atomic E-state index is 0.0386. The number of primary amides is 1. The number of unbranched alkanes of at least 4 members (excludes halogenated alkanes) is 1. The molecule has 0 heterocycles. The fourth-order valence-corrected chi connectivity index (χ4v) is 6.58. The number of hydrogen-bond acceptors (Lipinski definition) is 11. The molecular weight excluding hydrogens is 558 g/mol. The number of rotatable bonds is 9. The number of benzene rings is 1. The van der Waals surface area contributed by atoms with Gasteiger partial charge in [-0.25, -0.2) is 0 Å². The molecule has 0 aliphatic heterocycles. The second-order valence-corrected chi connectivity index (χ2v) is 11.6. The van der Waals surface area contributed by atoms with E-state index in [-0.39, 0.29) is 23.3 Å². The molecule has 0 saturated carbocycles. The number of nitrogens with two attached hydrogens (primary N) is 1. The molecular formula is C31H39N3O9. The Morgan fingerprint density at radius 3 is 2.26 bits per heavy atom. The van der Waals surface area contributed by atoms with Crippen molar-refractivity contribution in [1.82, 2.24) is 4.90 Å². The summed E-state index contributed by atoms with van der Waals surface area (Å²) < 4.78 is 17.0. The highest BCUT2D eigenvalue weighted by molar-refractivity contribution is 6.25. The first-order valence-corrected chi connectivity index (χ1v) is 14.3. The van der Waals surface area contributed by atoms with Gasteiger partial charge in [-0.3, -0.25) is 28.9 Å². The highest BCUT2D eigenvalue weighted by atomic mass is 16.6. The van der Waals surface area contributed by atoms with Gasteiger partial charge in [0.15, 0.2) is 17.1 Å². The van der Waals surface area contributed by atoms with Gasteiger partial charge in [0, 0.05) is 45.1 Å². The molecule has 1 aromatic carbocycles. The Bertz CT molecular complexity index is 1460. The lowest BCUT2D eigenvalue weighted by Crippen LogP contribution is -2.64. The summed E-state index contributed by atoms with van der Waals surface area (Å²) >= 11 is 0. The quantitative estimate of drug-likeness (QED) is 0.242. The fraction of sp³-hybridized carbons (Fsp3) is 0.516. The first-order valence-electron chi connectivity index (χ1n) is 14.3. The number of amides is 1. The van der Waals surface area contributed by atoms with Crippen LogP contribution in [0.1, 0.15) is 56.0 Å². The molecule has 0 bridgehead atoms. The molecule has 0 radical (unpaired) electrons. The van der Waals surface area contributed by atoms with Crippen molar-refractivity contribution in [2.75, 3.05) is 39.7 Å². The van der Waals surface area contributed by atoms with E-state index < -0.39 is 64.2 Å². The highest BCUT2D eigenvalue weighted by Gasteiger charge is 2.64. The summed E-state index contributed by atoms with van der Waals surface area (Å²) in [5, 5.41) is 12.4. The van der Waals surface area contributed by atoms with Crippen LogP contribution in [0.3, 0.4) is 0 Å². The van der Waals surface area contributed by atoms with Crippen LogP contribution in [-0.2, 0) is 35.1 Å². The molecule has 0 spiro atoms. The number of ketones is 2. The van der Waals surface area contributed by atoms with Gasteiger partial charge < -0.3 is 30.0 Å². The zero-order chi connectivity index (χ0) is 32.0. The maximum absolute atomic E-state index is 14.5. The van der Waals surface area contributed by atoms with Crippen LogP contribution in [0, 0.1) is 11.8 Å². The lowest BCUT2D eigenvalue weighted by molar-refractivity contribution is -0.158. The first kappa shape index (κ1) is 31.9. The maximum Gasteiger partial charge on any atom is 0.307 e. The Hall–Kier alpha value is -4.03. The standard InChI is InChI=1S/C31H39N3O9/c1-8-9-12-41-21-11-10-20(33(4)5)18-13-17-14-19-25(34(6)7)27(42-15(2)35)24(30(32)39)28(38)31(19,40)29(43-16(3)36)22(17)26(37)23(18)21/h10-11,17,19,25,40H,8-9,12-14H2,1-7H3,(H2,32,39)/t17-,19-,25?,31+/m0/s1. The number of hydrogen-bond donors (Lipinski definition) is 2. The summed E-state index contributed by atoms with van der Waals surface area (Å²) in [5.41, 5.74) is 3.97. The second-order valence-electron chi connectivity index (χ2n) is 11.6. The number of allylic oxidation sites excluding steroid dienone is 1. The fourth-order valence-electron chi connectivity index (χ4n) is 6.58. The Balaban J connectivity index is 2.04. The van der Waals surface area contributed by atoms with Gasteiger partial charge >= 0.3 is 11.9 Å². The van der Waals surface area contributed by atoms with E-state index in [9.17, 15) is 29.1 Å². The highest BCUT2D eigenvalue weighted by Crippen LogP contribution is 2.54. The van der Waals surface area contributed by atoms with E-state index in [1.54, 1.807) is 25.1 Å². The van der Waals surface area contributed by atoms with E-state index in [0.29, 0.717) is 18.8 Å². The van der Waals surface area contributed by atoms with Gasteiger partial charge in [-0.1, -0.05) is 13.3 Å². The van der Waals surface area contributed by atoms with Gasteiger partial charge in [-0.2, -0.15) is 0 Å². The average molecular weight is 598 g/mol. The molecule has 1 aromatic rings. The first-order chi connectivity index (χ1) is 20.2. The summed E-state index contributed by atoms with van der Waals surface area (Å²) in [4.78, 5) is 69.3. The van der Waals surface area contributed by atoms with Crippen molar-refractivity contribution < 1.29 is 43.3 Å². The van der Waals surface area contributed by atoms with Crippen LogP contribution >= 0.6 is 0 Å². The second kappa shape index (κ2) is 11.9. The van der Waals surface area contributed by atoms with Crippen molar-refractivity contribution in [2.45, 2.75) is 58.1 Å². The zero-order valence-corrected chi connectivity index (χ0v) is 25.6. The van der Waals surface area contributed by atoms with Crippen molar-refractivity contribution in [2.24, 2.45) is 17.6 Å². The lowest BCUT2D eigenvalue weighted by atomic mass is 9.58. The maximum atomic E-state index is 14.5. The molecule has 0 saturated heterocycles. The van der Waals surface area contributed by atoms with Gasteiger partial charge in [0.2, 0.25) is 5.78 Å². The van der Waals surface area contributed by atoms with Crippen molar-refractivity contribution in [3.8, 4) is 5.75 Å². The number of Topliss-reactive ketones (excluding diaryl/α,β-unsaturated/α-hetero) is 2. The molecule has 1 amide bonds. The predicted octanol–water partition coefficient (Wildman–Crippen LogP) is 1.67. The van der Waals surface area contributed by atoms with Crippen LogP contribution in [0.5, 0.6) is 5.75 Å². The summed E-state index contributed by atoms with van der Waals surface area (Å²) in [6, 6.07) is 2.57. The number of aliphatic hydroxyl groups is 1. The number of nitrogens with zero attached hydrogens (tertiary/aromatic N) is 2. The smallest absolute Gasteiger partial charge is 0.307 e. The summed E-state index contributed by atoms with van der Waals surface area (Å²) in [7, 11) is 6.96. The number of fused-ring (bicyclic) bond motifs is 3. The summed E-state index contributed by atoms with van der Waals surface area (Å²) in [6.45, 7) is 4.60. The average Bonchev–Trinajstić information content (AvgIpc) is 2.89. The number of likely N-dealkylation sites (N-methyl/N-ethyl adjacent to an activating group) is 1. The Kier molecular flexibility index (Phi) is 8.85. The van der Waals surface area contributed by atoms with E-state index >= 15 is 0 Å². The van der Waals surface area contributed by atoms with Crippen molar-refractivity contribution in [1.29, 1.82) is 0 Å². The zero-order valence-electron chi connectivity index (χ0n) is 25.6. The van der Waals surface area contributed by atoms with Crippen LogP contribution in [-0.4, -0.2) is 85.9 Å². The van der Waals surface area contributed by atoms with Crippen molar-refractivity contribution in [3.63, 3.8) is 0 Å². The van der Waals surface area contributed by atoms with E-state index in [0.717, 1.165) is 37.9 Å². The molecule has 3 N–H and O–H groups in total. The summed E-state index contributed by atoms with van der Waals surface area (Å²) in [5.74, 6) is -6.84. The van der Waals surface area contributed by atoms with Crippen LogP contribution in [0.15, 0.2) is 34.8 Å². The molecule has 12 heteroatoms. The molecule has 4 atom stereocenters. The molecule has 232 valence electrons. The molecule has 3 aliphatic rings. The van der Waals surface area contributed by atoms with Crippen LogP contribution in [0.4, 0.5) is 5.69 Å². The third-order valence-corrected chi connectivity index (χ3v) is 8.26. The van der Waals surface area contributed by atoms with Crippen molar-refractivity contribution >= 4 is 35.1 Å². The van der Waals surface area contributed by atoms with Crippen LogP contribution < -0.4 is 15.4 Å². The minimum atomic E-state index is -2.64. The van der Waals surface area contributed by atoms with Crippen LogP contribution in [0.2, 0.25) is 0 Å². The Labute approximate surface area is 250 Å². The molecule has 12 nitrogen and oxygen atoms in total. The summed E-state index contributed by atoms with van der Waals surface area (Å²) in [6.07, 6.45) is 2.00. The van der Waals surface area contributed by atoms with E-state index in [4.69, 9.17) is 19.9 Å². The molecule has 0 fully saturated rings. The van der Waals surface area contributed by atoms with Gasteiger partial charge in [-0.05, 0) is 57.0 Å². The number of anilines is 1. The van der Waals surface area contributed by atoms with Crippen molar-refractivity contribution in [3.05, 3.63) is 45.9 Å². The Morgan fingerprint density at radius 1 is 1.07 bits per heavy atom. The Morgan fingerprint density at radius 2 is 1.72 bits per heavy atom. The van der Waals surface area contributed by atoms with E-state index in [1.807, 2.05) is 32.0 Å². The molecule has 1 unspecified atom stereocenters. The van der Waals surface area contributed by atoms with E-state index in [1.165, 1.54) is 0 Å². The number of carbonyl (C=O) groups excluding carboxylic acids is 5. The minimum Gasteiger partial charge on any atom is -0.493 e. The molecule has 4 rings (SSSR count).